The number of hydrogen-bond donors (Lipinski definition) is 2. The third-order valence-corrected chi connectivity index (χ3v) is 12.5. The van der Waals surface area contributed by atoms with Gasteiger partial charge >= 0.3 is 0 Å². The molecule has 1 aliphatic rings. The second-order valence-corrected chi connectivity index (χ2v) is 17.8. The van der Waals surface area contributed by atoms with Crippen LogP contribution in [0.4, 0.5) is 5.69 Å². The zero-order chi connectivity index (χ0) is 34.3. The Morgan fingerprint density at radius 1 is 0.936 bits per heavy atom. The molecule has 0 fully saturated rings. The number of para-hydroxylation sites is 1. The largest absolute Gasteiger partial charge is 0.778 e. The summed E-state index contributed by atoms with van der Waals surface area (Å²) >= 11 is 0. The molecule has 0 saturated carbocycles. The zero-order valence-electron chi connectivity index (χ0n) is 27.8. The van der Waals surface area contributed by atoms with Crippen LogP contribution in [0.5, 0.6) is 0 Å². The van der Waals surface area contributed by atoms with Gasteiger partial charge in [-0.1, -0.05) is 90.4 Å². The Hall–Kier alpha value is -2.74. The third kappa shape index (κ3) is 13.7. The molecule has 0 aromatic heterocycles. The van der Waals surface area contributed by atoms with Crippen LogP contribution in [-0.4, -0.2) is 53.6 Å². The fourth-order valence-electron chi connectivity index (χ4n) is 4.71. The van der Waals surface area contributed by atoms with Crippen LogP contribution in [0.2, 0.25) is 0 Å². The number of rotatable bonds is 19. The van der Waals surface area contributed by atoms with Crippen molar-refractivity contribution < 1.29 is 28.4 Å². The van der Waals surface area contributed by atoms with Crippen LogP contribution >= 0.6 is 29.2 Å². The first-order valence-electron chi connectivity index (χ1n) is 16.2. The molecule has 9 nitrogen and oxygen atoms in total. The van der Waals surface area contributed by atoms with Crippen LogP contribution in [0.3, 0.4) is 0 Å². The number of benzene rings is 2. The van der Waals surface area contributed by atoms with E-state index in [9.17, 15) is 23.8 Å². The van der Waals surface area contributed by atoms with Gasteiger partial charge in [-0.15, -0.1) is 0 Å². The van der Waals surface area contributed by atoms with Gasteiger partial charge in [0.2, 0.25) is 17.7 Å². The van der Waals surface area contributed by atoms with Gasteiger partial charge in [-0.05, 0) is 50.5 Å². The Balaban J connectivity index is 1.28. The second kappa shape index (κ2) is 19.3. The van der Waals surface area contributed by atoms with Gasteiger partial charge in [0.15, 0.2) is 0 Å². The summed E-state index contributed by atoms with van der Waals surface area (Å²) in [5, 5.41) is 5.87. The fourth-order valence-corrected chi connectivity index (χ4v) is 7.81. The molecule has 2 aromatic carbocycles. The first-order valence-corrected chi connectivity index (χ1v) is 20.1. The molecule has 0 saturated heterocycles. The maximum atomic E-state index is 13.3. The minimum atomic E-state index is -3.75. The number of carbonyl (C=O) groups is 3. The van der Waals surface area contributed by atoms with Crippen molar-refractivity contribution >= 4 is 52.6 Å². The highest BCUT2D eigenvalue weighted by molar-refractivity contribution is 8.77. The van der Waals surface area contributed by atoms with Crippen LogP contribution in [0.1, 0.15) is 89.3 Å². The quantitative estimate of drug-likeness (QED) is 0.0787. The van der Waals surface area contributed by atoms with Crippen molar-refractivity contribution in [3.8, 4) is 11.8 Å². The van der Waals surface area contributed by atoms with Gasteiger partial charge in [-0.25, -0.2) is 0 Å². The number of fused-ring (bicyclic) bond motifs is 2. The average molecular weight is 701 g/mol. The number of nitrogens with zero attached hydrogens (tertiary/aromatic N) is 1. The molecule has 2 aromatic rings. The third-order valence-electron chi connectivity index (χ3n) is 7.41. The summed E-state index contributed by atoms with van der Waals surface area (Å²) in [7, 11) is -0.532. The van der Waals surface area contributed by atoms with Gasteiger partial charge in [0, 0.05) is 59.6 Å². The van der Waals surface area contributed by atoms with Gasteiger partial charge in [-0.2, -0.15) is 0 Å². The molecule has 1 aliphatic heterocycles. The lowest BCUT2D eigenvalue weighted by atomic mass is 10.0. The predicted octanol–water partition coefficient (Wildman–Crippen LogP) is 6.03. The van der Waals surface area contributed by atoms with Crippen molar-refractivity contribution in [1.82, 2.24) is 10.6 Å². The molecule has 0 spiro atoms. The molecule has 3 rings (SSSR count). The molecule has 12 heteroatoms. The van der Waals surface area contributed by atoms with Crippen molar-refractivity contribution in [2.75, 3.05) is 30.3 Å². The van der Waals surface area contributed by atoms with Crippen molar-refractivity contribution in [3.05, 3.63) is 65.2 Å². The molecular weight excluding hydrogens is 654 g/mol. The molecule has 0 bridgehead atoms. The molecule has 1 atom stereocenters. The Labute approximate surface area is 287 Å². The maximum absolute atomic E-state index is 13.3. The van der Waals surface area contributed by atoms with Gasteiger partial charge in [0.1, 0.15) is 7.60 Å². The number of carbonyl (C=O) groups excluding carboxylic acids is 3. The van der Waals surface area contributed by atoms with E-state index in [1.807, 2.05) is 62.4 Å². The van der Waals surface area contributed by atoms with Gasteiger partial charge in [-0.3, -0.25) is 14.4 Å². The Kier molecular flexibility index (Phi) is 15.9. The zero-order valence-corrected chi connectivity index (χ0v) is 30.4. The summed E-state index contributed by atoms with van der Waals surface area (Å²) in [6.45, 7) is 8.91. The predicted molar refractivity (Wildman–Crippen MR) is 191 cm³/mol. The molecule has 0 radical (unpaired) electrons. The van der Waals surface area contributed by atoms with Gasteiger partial charge < -0.3 is 29.5 Å². The topological polar surface area (TPSA) is 128 Å². The monoisotopic (exact) mass is 700 g/mol. The van der Waals surface area contributed by atoms with E-state index >= 15 is 0 Å². The number of nitrogens with one attached hydrogen (secondary N) is 2. The second-order valence-electron chi connectivity index (χ2n) is 12.3. The highest BCUT2D eigenvalue weighted by Crippen LogP contribution is 2.42. The molecule has 1 heterocycles. The number of unbranched alkanes of at least 4 members (excludes halogenated alkanes) is 3. The van der Waals surface area contributed by atoms with E-state index in [-0.39, 0.29) is 41.9 Å². The summed E-state index contributed by atoms with van der Waals surface area (Å²) in [5.41, 5.74) is 2.89. The van der Waals surface area contributed by atoms with Crippen molar-refractivity contribution in [1.29, 1.82) is 0 Å². The fraction of sp³-hybridized carbons (Fsp3) is 0.514. The highest BCUT2D eigenvalue weighted by Gasteiger charge is 2.24. The Morgan fingerprint density at radius 3 is 2.36 bits per heavy atom. The minimum Gasteiger partial charge on any atom is -0.778 e. The van der Waals surface area contributed by atoms with Gasteiger partial charge in [0.25, 0.3) is 0 Å². The lowest BCUT2D eigenvalue weighted by Gasteiger charge is -2.26. The molecular formula is C35H47N3O6PS2-. The molecule has 2 N–H and O–H groups in total. The summed E-state index contributed by atoms with van der Waals surface area (Å²) in [6.07, 6.45) is 3.79. The van der Waals surface area contributed by atoms with E-state index < -0.39 is 13.3 Å². The van der Waals surface area contributed by atoms with E-state index in [1.165, 1.54) is 0 Å². The maximum Gasteiger partial charge on any atom is 0.227 e. The van der Waals surface area contributed by atoms with Crippen molar-refractivity contribution in [2.24, 2.45) is 0 Å². The van der Waals surface area contributed by atoms with Crippen LogP contribution in [0.25, 0.3) is 0 Å². The van der Waals surface area contributed by atoms with E-state index in [0.29, 0.717) is 38.2 Å². The number of anilines is 1. The molecule has 47 heavy (non-hydrogen) atoms. The lowest BCUT2D eigenvalue weighted by Crippen LogP contribution is -2.33. The van der Waals surface area contributed by atoms with E-state index in [4.69, 9.17) is 4.52 Å². The van der Waals surface area contributed by atoms with Crippen LogP contribution in [0.15, 0.2) is 48.5 Å². The van der Waals surface area contributed by atoms with Crippen molar-refractivity contribution in [3.63, 3.8) is 0 Å². The molecule has 0 aliphatic carbocycles. The first kappa shape index (κ1) is 38.7. The van der Waals surface area contributed by atoms with E-state index in [2.05, 4.69) is 22.5 Å². The van der Waals surface area contributed by atoms with Crippen LogP contribution in [-0.2, 0) is 30.0 Å². The lowest BCUT2D eigenvalue weighted by molar-refractivity contribution is -0.200. The normalized spacial score (nSPS) is 13.7. The summed E-state index contributed by atoms with van der Waals surface area (Å²) < 4.78 is 16.4. The average Bonchev–Trinajstić information content (AvgIpc) is 3.01. The summed E-state index contributed by atoms with van der Waals surface area (Å²) in [4.78, 5) is 51.7. The molecule has 256 valence electrons. The van der Waals surface area contributed by atoms with Crippen molar-refractivity contribution in [2.45, 2.75) is 89.6 Å². The smallest absolute Gasteiger partial charge is 0.227 e. The van der Waals surface area contributed by atoms with Crippen LogP contribution in [0, 0.1) is 11.8 Å². The Morgan fingerprint density at radius 2 is 1.60 bits per heavy atom. The molecule has 3 amide bonds. The SMILES string of the molecule is CC(C)P(=O)([O-])OCCCCCCNC(=O)CC(C)(C)SSCCNC(=O)CCC(=O)N1Cc2ccccc2C#Cc2ccccc21. The van der Waals surface area contributed by atoms with Crippen LogP contribution < -0.4 is 20.4 Å². The van der Waals surface area contributed by atoms with Gasteiger partial charge in [0.05, 0.1) is 18.8 Å². The first-order chi connectivity index (χ1) is 22.4. The van der Waals surface area contributed by atoms with E-state index in [0.717, 1.165) is 41.6 Å². The summed E-state index contributed by atoms with van der Waals surface area (Å²) in [6, 6.07) is 15.4. The summed E-state index contributed by atoms with van der Waals surface area (Å²) in [5.74, 6) is 6.77. The number of hydrogen-bond acceptors (Lipinski definition) is 8. The molecule has 1 unspecified atom stereocenters. The highest BCUT2D eigenvalue weighted by atomic mass is 33.1. The standard InChI is InChI=1S/C35H48N3O6PS2/c1-27(2)45(42,43)44-23-12-6-5-11-21-36-33(40)25-35(3,4)47-46-24-22-37-32(39)19-20-34(41)38-26-30-15-8-7-13-28(30)17-18-29-14-9-10-16-31(29)38/h7-10,13-16,27H,5-6,11-12,19-26H2,1-4H3,(H,36,40)(H,37,39)(H,42,43)/p-1. The number of amides is 3. The van der Waals surface area contributed by atoms with E-state index in [1.54, 1.807) is 40.3 Å². The Bertz CT molecular complexity index is 1470. The minimum absolute atomic E-state index is 0.00758.